The van der Waals surface area contributed by atoms with Gasteiger partial charge in [-0.2, -0.15) is 0 Å². The van der Waals surface area contributed by atoms with Crippen molar-refractivity contribution >= 4 is 23.0 Å². The zero-order chi connectivity index (χ0) is 13.8. The smallest absolute Gasteiger partial charge is 0.276 e. The van der Waals surface area contributed by atoms with Crippen LogP contribution in [0.4, 0.5) is 27.4 Å². The summed E-state index contributed by atoms with van der Waals surface area (Å²) in [4.78, 5) is 14.3. The van der Waals surface area contributed by atoms with E-state index in [-0.39, 0.29) is 17.2 Å². The van der Waals surface area contributed by atoms with E-state index in [4.69, 9.17) is 0 Å². The van der Waals surface area contributed by atoms with Gasteiger partial charge in [-0.3, -0.25) is 10.1 Å². The molecule has 0 radical (unpaired) electrons. The van der Waals surface area contributed by atoms with Gasteiger partial charge in [0.25, 0.3) is 5.69 Å². The summed E-state index contributed by atoms with van der Waals surface area (Å²) < 4.78 is 13.5. The van der Waals surface area contributed by atoms with Crippen molar-refractivity contribution < 1.29 is 9.31 Å². The van der Waals surface area contributed by atoms with Crippen molar-refractivity contribution in [3.8, 4) is 0 Å². The number of anilines is 3. The molecule has 0 saturated heterocycles. The summed E-state index contributed by atoms with van der Waals surface area (Å²) in [6, 6.07) is 8.57. The Morgan fingerprint density at radius 2 is 1.95 bits per heavy atom. The average Bonchev–Trinajstić information content (AvgIpc) is 2.41. The molecule has 0 spiro atoms. The van der Waals surface area contributed by atoms with E-state index in [0.717, 1.165) is 0 Å². The van der Waals surface area contributed by atoms with Crippen LogP contribution in [0.25, 0.3) is 0 Å². The molecule has 2 aromatic rings. The largest absolute Gasteiger partial charge is 0.373 e. The Labute approximate surface area is 108 Å². The maximum absolute atomic E-state index is 13.5. The van der Waals surface area contributed by atoms with Gasteiger partial charge >= 0.3 is 0 Å². The minimum absolute atomic E-state index is 0.127. The highest BCUT2D eigenvalue weighted by atomic mass is 19.1. The topological polar surface area (TPSA) is 80.1 Å². The average molecular weight is 262 g/mol. The number of nitro groups is 1. The normalized spacial score (nSPS) is 10.0. The SMILES string of the molecule is CNc1cc([N+](=O)[O-])cc(Nc2ccccc2F)n1. The Balaban J connectivity index is 2.37. The minimum Gasteiger partial charge on any atom is -0.373 e. The molecule has 7 heteroatoms. The lowest BCUT2D eigenvalue weighted by atomic mass is 10.3. The Bertz CT molecular complexity index is 618. The van der Waals surface area contributed by atoms with Crippen molar-refractivity contribution in [3.05, 3.63) is 52.3 Å². The van der Waals surface area contributed by atoms with Crippen LogP contribution in [0.3, 0.4) is 0 Å². The first kappa shape index (κ1) is 12.7. The summed E-state index contributed by atoms with van der Waals surface area (Å²) >= 11 is 0. The van der Waals surface area contributed by atoms with E-state index in [9.17, 15) is 14.5 Å². The molecule has 0 aliphatic heterocycles. The summed E-state index contributed by atoms with van der Waals surface area (Å²) in [5.74, 6) is 0.0681. The number of hydrogen-bond donors (Lipinski definition) is 2. The number of hydrogen-bond acceptors (Lipinski definition) is 5. The number of nitrogens with one attached hydrogen (secondary N) is 2. The summed E-state index contributed by atoms with van der Waals surface area (Å²) in [7, 11) is 1.60. The van der Waals surface area contributed by atoms with Crippen LogP contribution in [0.1, 0.15) is 0 Å². The van der Waals surface area contributed by atoms with E-state index in [0.29, 0.717) is 5.82 Å². The molecule has 0 aliphatic carbocycles. The second-order valence-corrected chi connectivity index (χ2v) is 3.71. The van der Waals surface area contributed by atoms with Crippen molar-refractivity contribution in [1.82, 2.24) is 4.98 Å². The molecule has 6 nitrogen and oxygen atoms in total. The third kappa shape index (κ3) is 2.95. The van der Waals surface area contributed by atoms with Gasteiger partial charge in [0.15, 0.2) is 0 Å². The molecule has 0 unspecified atom stereocenters. The zero-order valence-corrected chi connectivity index (χ0v) is 10.1. The highest BCUT2D eigenvalue weighted by Gasteiger charge is 2.11. The van der Waals surface area contributed by atoms with Crippen LogP contribution in [0.2, 0.25) is 0 Å². The fourth-order valence-corrected chi connectivity index (χ4v) is 1.51. The molecule has 1 aromatic heterocycles. The van der Waals surface area contributed by atoms with Crippen LogP contribution in [-0.2, 0) is 0 Å². The lowest BCUT2D eigenvalue weighted by Gasteiger charge is -2.08. The Hall–Kier alpha value is -2.70. The van der Waals surface area contributed by atoms with Crippen LogP contribution in [-0.4, -0.2) is 17.0 Å². The van der Waals surface area contributed by atoms with Crippen LogP contribution >= 0.6 is 0 Å². The number of benzene rings is 1. The molecule has 0 amide bonds. The first-order valence-corrected chi connectivity index (χ1v) is 5.46. The summed E-state index contributed by atoms with van der Waals surface area (Å²) in [5.41, 5.74) is 0.0794. The molecule has 1 heterocycles. The molecule has 0 fully saturated rings. The van der Waals surface area contributed by atoms with Gasteiger partial charge < -0.3 is 10.6 Å². The van der Waals surface area contributed by atoms with Crippen LogP contribution < -0.4 is 10.6 Å². The zero-order valence-electron chi connectivity index (χ0n) is 10.1. The predicted molar refractivity (Wildman–Crippen MR) is 70.1 cm³/mol. The standard InChI is InChI=1S/C12H11FN4O2/c1-14-11-6-8(17(18)19)7-12(16-11)15-10-5-3-2-4-9(10)13/h2-7H,1H3,(H2,14,15,16). The quantitative estimate of drug-likeness (QED) is 0.654. The first-order valence-electron chi connectivity index (χ1n) is 5.46. The molecule has 19 heavy (non-hydrogen) atoms. The fraction of sp³-hybridized carbons (Fsp3) is 0.0833. The molecule has 98 valence electrons. The van der Waals surface area contributed by atoms with Gasteiger partial charge in [-0.25, -0.2) is 9.37 Å². The third-order valence-electron chi connectivity index (χ3n) is 2.41. The molecule has 0 aliphatic rings. The third-order valence-corrected chi connectivity index (χ3v) is 2.41. The second-order valence-electron chi connectivity index (χ2n) is 3.71. The van der Waals surface area contributed by atoms with Gasteiger partial charge in [0.1, 0.15) is 17.5 Å². The highest BCUT2D eigenvalue weighted by Crippen LogP contribution is 2.24. The molecule has 2 rings (SSSR count). The van der Waals surface area contributed by atoms with Gasteiger partial charge in [-0.05, 0) is 12.1 Å². The Kier molecular flexibility index (Phi) is 3.56. The van der Waals surface area contributed by atoms with Gasteiger partial charge in [0.2, 0.25) is 0 Å². The van der Waals surface area contributed by atoms with E-state index < -0.39 is 10.7 Å². The van der Waals surface area contributed by atoms with E-state index >= 15 is 0 Å². The van der Waals surface area contributed by atoms with E-state index in [1.165, 1.54) is 24.3 Å². The van der Waals surface area contributed by atoms with Crippen molar-refractivity contribution in [2.45, 2.75) is 0 Å². The van der Waals surface area contributed by atoms with Crippen LogP contribution in [0.15, 0.2) is 36.4 Å². The lowest BCUT2D eigenvalue weighted by molar-refractivity contribution is -0.384. The van der Waals surface area contributed by atoms with Crippen molar-refractivity contribution in [2.24, 2.45) is 0 Å². The van der Waals surface area contributed by atoms with Crippen molar-refractivity contribution in [3.63, 3.8) is 0 Å². The monoisotopic (exact) mass is 262 g/mol. The van der Waals surface area contributed by atoms with Crippen LogP contribution in [0, 0.1) is 15.9 Å². The number of nitrogens with zero attached hydrogens (tertiary/aromatic N) is 2. The van der Waals surface area contributed by atoms with Crippen molar-refractivity contribution in [2.75, 3.05) is 17.7 Å². The second kappa shape index (κ2) is 5.30. The first-order chi connectivity index (χ1) is 9.10. The minimum atomic E-state index is -0.533. The van der Waals surface area contributed by atoms with E-state index in [1.54, 1.807) is 19.2 Å². The maximum Gasteiger partial charge on any atom is 0.276 e. The van der Waals surface area contributed by atoms with Gasteiger partial charge in [-0.15, -0.1) is 0 Å². The highest BCUT2D eigenvalue weighted by molar-refractivity contribution is 5.62. The molecule has 0 saturated carbocycles. The molecular formula is C12H11FN4O2. The van der Waals surface area contributed by atoms with Gasteiger partial charge in [-0.1, -0.05) is 12.1 Å². The van der Waals surface area contributed by atoms with E-state index in [2.05, 4.69) is 15.6 Å². The number of pyridine rings is 1. The number of halogens is 1. The lowest BCUT2D eigenvalue weighted by Crippen LogP contribution is -2.01. The Morgan fingerprint density at radius 1 is 1.26 bits per heavy atom. The number of aromatic nitrogens is 1. The maximum atomic E-state index is 13.5. The molecule has 1 aromatic carbocycles. The van der Waals surface area contributed by atoms with Crippen molar-refractivity contribution in [1.29, 1.82) is 0 Å². The summed E-state index contributed by atoms with van der Waals surface area (Å²) in [6.45, 7) is 0. The van der Waals surface area contributed by atoms with Crippen LogP contribution in [0.5, 0.6) is 0 Å². The van der Waals surface area contributed by atoms with E-state index in [1.807, 2.05) is 0 Å². The predicted octanol–water partition coefficient (Wildman–Crippen LogP) is 2.91. The molecule has 0 atom stereocenters. The molecule has 0 bridgehead atoms. The number of para-hydroxylation sites is 1. The molecule has 2 N–H and O–H groups in total. The number of rotatable bonds is 4. The van der Waals surface area contributed by atoms with Gasteiger partial charge in [0.05, 0.1) is 22.7 Å². The summed E-state index contributed by atoms with van der Waals surface area (Å²) in [5, 5.41) is 16.2. The summed E-state index contributed by atoms with van der Waals surface area (Å²) in [6.07, 6.45) is 0. The van der Waals surface area contributed by atoms with Gasteiger partial charge in [0, 0.05) is 7.05 Å². The molecular weight excluding hydrogens is 251 g/mol. The Morgan fingerprint density at radius 3 is 2.58 bits per heavy atom. The fourth-order valence-electron chi connectivity index (χ4n) is 1.51.